The summed E-state index contributed by atoms with van der Waals surface area (Å²) in [7, 11) is 0. The first kappa shape index (κ1) is 21.0. The Morgan fingerprint density at radius 2 is 1.53 bits per heavy atom. The second kappa shape index (κ2) is 10.2. The van der Waals surface area contributed by atoms with Gasteiger partial charge in [-0.05, 0) is 48.2 Å². The summed E-state index contributed by atoms with van der Waals surface area (Å²) in [4.78, 5) is 24.2. The Hall–Kier alpha value is -3.72. The van der Waals surface area contributed by atoms with E-state index in [2.05, 4.69) is 6.58 Å². The third-order valence-corrected chi connectivity index (χ3v) is 4.66. The molecule has 3 nitrogen and oxygen atoms in total. The Bertz CT molecular complexity index is 1040. The molecule has 0 saturated heterocycles. The lowest BCUT2D eigenvalue weighted by Crippen LogP contribution is -2.09. The molecule has 3 aromatic rings. The number of ketones is 1. The molecule has 0 aliphatic heterocycles. The molecule has 3 aromatic carbocycles. The molecule has 3 heteroatoms. The van der Waals surface area contributed by atoms with Crippen LogP contribution in [-0.2, 0) is 11.2 Å². The molecule has 150 valence electrons. The van der Waals surface area contributed by atoms with Crippen molar-refractivity contribution in [3.63, 3.8) is 0 Å². The minimum absolute atomic E-state index is 0.0533. The van der Waals surface area contributed by atoms with Crippen LogP contribution in [0.1, 0.15) is 40.4 Å². The Morgan fingerprint density at radius 1 is 0.867 bits per heavy atom. The van der Waals surface area contributed by atoms with E-state index in [1.165, 1.54) is 6.08 Å². The van der Waals surface area contributed by atoms with Crippen LogP contribution in [0.5, 0.6) is 5.75 Å². The zero-order valence-corrected chi connectivity index (χ0v) is 17.0. The van der Waals surface area contributed by atoms with Crippen molar-refractivity contribution in [2.24, 2.45) is 0 Å². The highest BCUT2D eigenvalue weighted by molar-refractivity contribution is 6.06. The van der Waals surface area contributed by atoms with E-state index in [0.29, 0.717) is 24.2 Å². The number of carbonyl (C=O) groups excluding carboxylic acids is 2. The Balaban J connectivity index is 1.50. The molecule has 0 aromatic heterocycles. The summed E-state index contributed by atoms with van der Waals surface area (Å²) in [6.07, 6.45) is 4.21. The van der Waals surface area contributed by atoms with E-state index in [9.17, 15) is 9.59 Å². The molecule has 0 fully saturated rings. The van der Waals surface area contributed by atoms with Crippen molar-refractivity contribution in [2.45, 2.75) is 19.8 Å². The highest BCUT2D eigenvalue weighted by atomic mass is 16.5. The second-order valence-electron chi connectivity index (χ2n) is 7.08. The number of hydrogen-bond acceptors (Lipinski definition) is 3. The average Bonchev–Trinajstić information content (AvgIpc) is 2.78. The van der Waals surface area contributed by atoms with Crippen LogP contribution in [0.25, 0.3) is 11.6 Å². The molecule has 0 atom stereocenters. The van der Waals surface area contributed by atoms with E-state index in [1.807, 2.05) is 61.5 Å². The van der Waals surface area contributed by atoms with Gasteiger partial charge in [0.25, 0.3) is 0 Å². The van der Waals surface area contributed by atoms with Crippen molar-refractivity contribution >= 4 is 23.4 Å². The van der Waals surface area contributed by atoms with Gasteiger partial charge in [-0.25, -0.2) is 0 Å². The van der Waals surface area contributed by atoms with Crippen LogP contribution < -0.4 is 4.74 Å². The van der Waals surface area contributed by atoms with E-state index >= 15 is 0 Å². The van der Waals surface area contributed by atoms with Crippen molar-refractivity contribution in [3.8, 4) is 5.75 Å². The molecule has 0 amide bonds. The van der Waals surface area contributed by atoms with E-state index in [-0.39, 0.29) is 11.8 Å². The maximum absolute atomic E-state index is 12.1. The predicted molar refractivity (Wildman–Crippen MR) is 121 cm³/mol. The molecule has 0 N–H and O–H groups in total. The number of allylic oxidation sites excluding steroid dienone is 2. The van der Waals surface area contributed by atoms with Gasteiger partial charge in [-0.15, -0.1) is 0 Å². The van der Waals surface area contributed by atoms with E-state index in [1.54, 1.807) is 30.3 Å². The van der Waals surface area contributed by atoms with Crippen molar-refractivity contribution < 1.29 is 14.3 Å². The van der Waals surface area contributed by atoms with Gasteiger partial charge >= 0.3 is 5.97 Å². The number of aryl methyl sites for hydroxylation is 1. The molecule has 0 unspecified atom stereocenters. The molecule has 3 rings (SSSR count). The van der Waals surface area contributed by atoms with Gasteiger partial charge in [0.1, 0.15) is 5.75 Å². The summed E-state index contributed by atoms with van der Waals surface area (Å²) in [5.74, 6) is 0.160. The largest absolute Gasteiger partial charge is 0.427 e. The van der Waals surface area contributed by atoms with Crippen LogP contribution in [-0.4, -0.2) is 11.8 Å². The smallest absolute Gasteiger partial charge is 0.311 e. The molecule has 0 aliphatic rings. The highest BCUT2D eigenvalue weighted by Crippen LogP contribution is 2.16. The lowest BCUT2D eigenvalue weighted by Gasteiger charge is -2.06. The SMILES string of the molecule is C=C(C)c1ccc(CCC(=O)Oc2ccc(C=CC(=O)c3ccccc3)cc2)cc1. The van der Waals surface area contributed by atoms with Gasteiger partial charge in [-0.2, -0.15) is 0 Å². The predicted octanol–water partition coefficient (Wildman–Crippen LogP) is 6.15. The standard InChI is InChI=1S/C27H24O3/c1-20(2)23-14-8-21(9-15-23)13-19-27(29)30-25-16-10-22(11-17-25)12-18-26(28)24-6-4-3-5-7-24/h3-12,14-18H,1,13,19H2,2H3. The average molecular weight is 396 g/mol. The fourth-order valence-electron chi connectivity index (χ4n) is 2.90. The van der Waals surface area contributed by atoms with Crippen LogP contribution in [0.15, 0.2) is 91.5 Å². The van der Waals surface area contributed by atoms with Gasteiger partial charge in [-0.1, -0.05) is 85.0 Å². The third kappa shape index (κ3) is 6.14. The first-order valence-electron chi connectivity index (χ1n) is 9.84. The van der Waals surface area contributed by atoms with Gasteiger partial charge < -0.3 is 4.74 Å². The zero-order valence-electron chi connectivity index (χ0n) is 17.0. The molecule has 0 radical (unpaired) electrons. The first-order valence-corrected chi connectivity index (χ1v) is 9.84. The van der Waals surface area contributed by atoms with Gasteiger partial charge in [0.05, 0.1) is 0 Å². The summed E-state index contributed by atoms with van der Waals surface area (Å²) < 4.78 is 5.40. The number of carbonyl (C=O) groups is 2. The maximum Gasteiger partial charge on any atom is 0.311 e. The van der Waals surface area contributed by atoms with Gasteiger partial charge in [0.2, 0.25) is 0 Å². The topological polar surface area (TPSA) is 43.4 Å². The summed E-state index contributed by atoms with van der Waals surface area (Å²) >= 11 is 0. The van der Waals surface area contributed by atoms with Gasteiger partial charge in [-0.3, -0.25) is 9.59 Å². The molecule has 0 saturated carbocycles. The van der Waals surface area contributed by atoms with Crippen molar-refractivity contribution in [3.05, 3.63) is 114 Å². The molecule has 0 bridgehead atoms. The van der Waals surface area contributed by atoms with Crippen LogP contribution in [0.2, 0.25) is 0 Å². The van der Waals surface area contributed by atoms with Gasteiger partial charge in [0, 0.05) is 12.0 Å². The minimum atomic E-state index is -0.276. The minimum Gasteiger partial charge on any atom is -0.427 e. The molecule has 0 spiro atoms. The molecule has 0 aliphatic carbocycles. The highest BCUT2D eigenvalue weighted by Gasteiger charge is 2.06. The Labute approximate surface area is 177 Å². The van der Waals surface area contributed by atoms with Crippen molar-refractivity contribution in [1.82, 2.24) is 0 Å². The summed E-state index contributed by atoms with van der Waals surface area (Å²) in [5, 5.41) is 0. The Kier molecular flexibility index (Phi) is 7.12. The quantitative estimate of drug-likeness (QED) is 0.198. The summed E-state index contributed by atoms with van der Waals surface area (Å²) in [6, 6.07) is 24.2. The van der Waals surface area contributed by atoms with Crippen LogP contribution in [0.3, 0.4) is 0 Å². The Morgan fingerprint density at radius 3 is 2.17 bits per heavy atom. The number of hydrogen-bond donors (Lipinski definition) is 0. The zero-order chi connectivity index (χ0) is 21.3. The van der Waals surface area contributed by atoms with Crippen LogP contribution in [0, 0.1) is 0 Å². The maximum atomic E-state index is 12.1. The summed E-state index contributed by atoms with van der Waals surface area (Å²) in [6.45, 7) is 5.89. The number of rotatable bonds is 8. The first-order chi connectivity index (χ1) is 14.5. The lowest BCUT2D eigenvalue weighted by atomic mass is 10.0. The fourth-order valence-corrected chi connectivity index (χ4v) is 2.90. The lowest BCUT2D eigenvalue weighted by molar-refractivity contribution is -0.134. The van der Waals surface area contributed by atoms with Crippen molar-refractivity contribution in [1.29, 1.82) is 0 Å². The number of ether oxygens (including phenoxy) is 1. The fraction of sp³-hybridized carbons (Fsp3) is 0.111. The normalized spacial score (nSPS) is 10.7. The molecule has 0 heterocycles. The van der Waals surface area contributed by atoms with Gasteiger partial charge in [0.15, 0.2) is 5.78 Å². The van der Waals surface area contributed by atoms with Crippen molar-refractivity contribution in [2.75, 3.05) is 0 Å². The number of esters is 1. The van der Waals surface area contributed by atoms with Crippen LogP contribution >= 0.6 is 0 Å². The van der Waals surface area contributed by atoms with E-state index < -0.39 is 0 Å². The van der Waals surface area contributed by atoms with E-state index in [4.69, 9.17) is 4.74 Å². The molecule has 30 heavy (non-hydrogen) atoms. The third-order valence-electron chi connectivity index (χ3n) is 4.66. The number of benzene rings is 3. The van der Waals surface area contributed by atoms with Crippen LogP contribution in [0.4, 0.5) is 0 Å². The summed E-state index contributed by atoms with van der Waals surface area (Å²) in [5.41, 5.74) is 4.70. The monoisotopic (exact) mass is 396 g/mol. The molecular formula is C27H24O3. The second-order valence-corrected chi connectivity index (χ2v) is 7.08. The van der Waals surface area contributed by atoms with E-state index in [0.717, 1.165) is 22.3 Å². The molecular weight excluding hydrogens is 372 g/mol.